The highest BCUT2D eigenvalue weighted by molar-refractivity contribution is 7.15. The Bertz CT molecular complexity index is 1130. The van der Waals surface area contributed by atoms with Crippen molar-refractivity contribution in [1.29, 1.82) is 5.26 Å². The van der Waals surface area contributed by atoms with Gasteiger partial charge >= 0.3 is 11.9 Å². The summed E-state index contributed by atoms with van der Waals surface area (Å²) in [4.78, 5) is 37.0. The molecule has 0 aliphatic carbocycles. The molecule has 0 fully saturated rings. The van der Waals surface area contributed by atoms with E-state index in [1.807, 2.05) is 36.4 Å². The van der Waals surface area contributed by atoms with Gasteiger partial charge in [0.05, 0.1) is 23.8 Å². The van der Waals surface area contributed by atoms with Gasteiger partial charge < -0.3 is 14.8 Å². The van der Waals surface area contributed by atoms with Gasteiger partial charge in [0.25, 0.3) is 5.91 Å². The Labute approximate surface area is 182 Å². The molecule has 2 aromatic carbocycles. The van der Waals surface area contributed by atoms with Crippen LogP contribution in [0.4, 0.5) is 5.00 Å². The molecule has 0 saturated heterocycles. The first-order valence-electron chi connectivity index (χ1n) is 9.34. The Hall–Kier alpha value is -3.96. The average molecular weight is 434 g/mol. The summed E-state index contributed by atoms with van der Waals surface area (Å²) < 4.78 is 10.2. The molecule has 0 radical (unpaired) electrons. The van der Waals surface area contributed by atoms with Crippen LogP contribution < -0.4 is 5.32 Å². The Morgan fingerprint density at radius 2 is 1.71 bits per heavy atom. The molecule has 1 aromatic heterocycles. The lowest BCUT2D eigenvalue weighted by Crippen LogP contribution is -2.21. The molecule has 1 amide bonds. The summed E-state index contributed by atoms with van der Waals surface area (Å²) in [5, 5.41) is 13.5. The third-order valence-corrected chi connectivity index (χ3v) is 5.09. The van der Waals surface area contributed by atoms with Crippen molar-refractivity contribution in [3.05, 3.63) is 76.7 Å². The van der Waals surface area contributed by atoms with Crippen LogP contribution >= 0.6 is 11.3 Å². The van der Waals surface area contributed by atoms with Crippen LogP contribution in [-0.2, 0) is 14.3 Å². The zero-order valence-corrected chi connectivity index (χ0v) is 17.4. The predicted octanol–water partition coefficient (Wildman–Crippen LogP) is 4.26. The maximum atomic E-state index is 12.5. The summed E-state index contributed by atoms with van der Waals surface area (Å²) in [6.45, 7) is 1.37. The van der Waals surface area contributed by atoms with Crippen molar-refractivity contribution < 1.29 is 23.9 Å². The second-order valence-electron chi connectivity index (χ2n) is 6.25. The first-order valence-corrected chi connectivity index (χ1v) is 10.2. The predicted molar refractivity (Wildman–Crippen MR) is 116 cm³/mol. The Morgan fingerprint density at radius 3 is 2.35 bits per heavy atom. The second-order valence-corrected chi connectivity index (χ2v) is 7.13. The molecule has 0 unspecified atom stereocenters. The van der Waals surface area contributed by atoms with Gasteiger partial charge in [-0.15, -0.1) is 11.3 Å². The van der Waals surface area contributed by atoms with Gasteiger partial charge in [-0.25, -0.2) is 9.59 Å². The standard InChI is InChI=1S/C23H18N2O5S/c1-2-29-23(28)20-18(16-6-4-3-5-7-16)14-31-21(20)25-19(26)13-30-22(27)17-10-8-15(12-24)9-11-17/h3-11,14H,2,13H2,1H3,(H,25,26). The first-order chi connectivity index (χ1) is 15.0. The Kier molecular flexibility index (Phi) is 7.14. The summed E-state index contributed by atoms with van der Waals surface area (Å²) in [5.74, 6) is -1.83. The van der Waals surface area contributed by atoms with Crippen molar-refractivity contribution in [2.45, 2.75) is 6.92 Å². The molecule has 0 bridgehead atoms. The van der Waals surface area contributed by atoms with Crippen LogP contribution in [0, 0.1) is 11.3 Å². The molecule has 3 aromatic rings. The van der Waals surface area contributed by atoms with Gasteiger partial charge in [0, 0.05) is 10.9 Å². The monoisotopic (exact) mass is 434 g/mol. The van der Waals surface area contributed by atoms with Crippen molar-refractivity contribution >= 4 is 34.2 Å². The number of thiophene rings is 1. The zero-order chi connectivity index (χ0) is 22.2. The van der Waals surface area contributed by atoms with Crippen LogP contribution in [0.1, 0.15) is 33.2 Å². The average Bonchev–Trinajstić information content (AvgIpc) is 3.21. The number of anilines is 1. The molecule has 3 rings (SSSR count). The molecular weight excluding hydrogens is 416 g/mol. The van der Waals surface area contributed by atoms with Crippen LogP contribution in [0.25, 0.3) is 11.1 Å². The fourth-order valence-electron chi connectivity index (χ4n) is 2.74. The van der Waals surface area contributed by atoms with Crippen molar-refractivity contribution in [3.8, 4) is 17.2 Å². The highest BCUT2D eigenvalue weighted by atomic mass is 32.1. The molecule has 8 heteroatoms. The topological polar surface area (TPSA) is 105 Å². The number of nitriles is 1. The van der Waals surface area contributed by atoms with Gasteiger partial charge in [-0.3, -0.25) is 4.79 Å². The molecular formula is C23H18N2O5S. The summed E-state index contributed by atoms with van der Waals surface area (Å²) in [6, 6.07) is 17.1. The van der Waals surface area contributed by atoms with Crippen LogP contribution in [0.15, 0.2) is 60.0 Å². The second kappa shape index (κ2) is 10.2. The summed E-state index contributed by atoms with van der Waals surface area (Å²) in [5.41, 5.74) is 2.35. The number of amides is 1. The fraction of sp³-hybridized carbons (Fsp3) is 0.130. The van der Waals surface area contributed by atoms with E-state index in [1.165, 1.54) is 35.6 Å². The van der Waals surface area contributed by atoms with E-state index in [1.54, 1.807) is 12.3 Å². The van der Waals surface area contributed by atoms with E-state index in [4.69, 9.17) is 14.7 Å². The molecule has 1 heterocycles. The van der Waals surface area contributed by atoms with Crippen molar-refractivity contribution in [2.24, 2.45) is 0 Å². The number of hydrogen-bond acceptors (Lipinski definition) is 7. The van der Waals surface area contributed by atoms with E-state index in [2.05, 4.69) is 5.32 Å². The number of rotatable bonds is 7. The minimum atomic E-state index is -0.693. The Morgan fingerprint density at radius 1 is 1.00 bits per heavy atom. The number of esters is 2. The minimum Gasteiger partial charge on any atom is -0.462 e. The van der Waals surface area contributed by atoms with Gasteiger partial charge in [0.2, 0.25) is 0 Å². The highest BCUT2D eigenvalue weighted by Crippen LogP contribution is 2.36. The van der Waals surface area contributed by atoms with Gasteiger partial charge in [0.15, 0.2) is 6.61 Å². The minimum absolute atomic E-state index is 0.193. The van der Waals surface area contributed by atoms with Crippen LogP contribution in [0.5, 0.6) is 0 Å². The molecule has 0 aliphatic heterocycles. The fourth-order valence-corrected chi connectivity index (χ4v) is 3.72. The van der Waals surface area contributed by atoms with Gasteiger partial charge in [0.1, 0.15) is 10.6 Å². The number of carbonyl (C=O) groups excluding carboxylic acids is 3. The third-order valence-electron chi connectivity index (χ3n) is 4.19. The summed E-state index contributed by atoms with van der Waals surface area (Å²) >= 11 is 1.18. The number of nitrogens with one attached hydrogen (secondary N) is 1. The van der Waals surface area contributed by atoms with Crippen LogP contribution in [-0.4, -0.2) is 31.1 Å². The van der Waals surface area contributed by atoms with E-state index in [0.29, 0.717) is 16.1 Å². The smallest absolute Gasteiger partial charge is 0.341 e. The lowest BCUT2D eigenvalue weighted by Gasteiger charge is -2.09. The van der Waals surface area contributed by atoms with Crippen molar-refractivity contribution in [2.75, 3.05) is 18.5 Å². The number of nitrogens with zero attached hydrogens (tertiary/aromatic N) is 1. The molecule has 0 aliphatic rings. The summed E-state index contributed by atoms with van der Waals surface area (Å²) in [6.07, 6.45) is 0. The molecule has 7 nitrogen and oxygen atoms in total. The lowest BCUT2D eigenvalue weighted by molar-refractivity contribution is -0.119. The molecule has 1 N–H and O–H groups in total. The number of benzene rings is 2. The van der Waals surface area contributed by atoms with Crippen molar-refractivity contribution in [3.63, 3.8) is 0 Å². The largest absolute Gasteiger partial charge is 0.462 e. The van der Waals surface area contributed by atoms with E-state index in [-0.39, 0.29) is 17.7 Å². The maximum Gasteiger partial charge on any atom is 0.341 e. The summed E-state index contributed by atoms with van der Waals surface area (Å²) in [7, 11) is 0. The quantitative estimate of drug-likeness (QED) is 0.557. The maximum absolute atomic E-state index is 12.5. The molecule has 156 valence electrons. The van der Waals surface area contributed by atoms with E-state index >= 15 is 0 Å². The third kappa shape index (κ3) is 5.35. The van der Waals surface area contributed by atoms with E-state index in [9.17, 15) is 14.4 Å². The number of hydrogen-bond donors (Lipinski definition) is 1. The molecule has 0 atom stereocenters. The van der Waals surface area contributed by atoms with Crippen molar-refractivity contribution in [1.82, 2.24) is 0 Å². The van der Waals surface area contributed by atoms with Gasteiger partial charge in [-0.2, -0.15) is 5.26 Å². The first kappa shape index (κ1) is 21.7. The SMILES string of the molecule is CCOC(=O)c1c(-c2ccccc2)csc1NC(=O)COC(=O)c1ccc(C#N)cc1. The van der Waals surface area contributed by atoms with E-state index in [0.717, 1.165) is 5.56 Å². The molecule has 0 spiro atoms. The zero-order valence-electron chi connectivity index (χ0n) is 16.6. The number of ether oxygens (including phenoxy) is 2. The molecule has 31 heavy (non-hydrogen) atoms. The Balaban J connectivity index is 1.71. The lowest BCUT2D eigenvalue weighted by atomic mass is 10.0. The van der Waals surface area contributed by atoms with Gasteiger partial charge in [-0.1, -0.05) is 30.3 Å². The van der Waals surface area contributed by atoms with Crippen LogP contribution in [0.3, 0.4) is 0 Å². The number of carbonyl (C=O) groups is 3. The van der Waals surface area contributed by atoms with Crippen LogP contribution in [0.2, 0.25) is 0 Å². The highest BCUT2D eigenvalue weighted by Gasteiger charge is 2.23. The van der Waals surface area contributed by atoms with Gasteiger partial charge in [-0.05, 0) is 36.8 Å². The normalized spacial score (nSPS) is 10.1. The molecule has 0 saturated carbocycles. The van der Waals surface area contributed by atoms with E-state index < -0.39 is 24.5 Å².